The molecule has 0 aliphatic rings. The molecule has 0 fully saturated rings. The minimum absolute atomic E-state index is 0.211. The van der Waals surface area contributed by atoms with E-state index in [0.717, 1.165) is 0 Å². The maximum Gasteiger partial charge on any atom is 0.347 e. The molecule has 0 aliphatic carbocycles. The van der Waals surface area contributed by atoms with Crippen molar-refractivity contribution >= 4 is 5.82 Å². The number of H-pyrrole nitrogens is 1. The third-order valence-corrected chi connectivity index (χ3v) is 1.43. The average molecular weight is 172 g/mol. The van der Waals surface area contributed by atoms with E-state index in [-0.39, 0.29) is 18.0 Å². The molecule has 12 heavy (non-hydrogen) atoms. The maximum absolute atomic E-state index is 10.3. The molecular formula is C5H8N4O3. The summed E-state index contributed by atoms with van der Waals surface area (Å²) in [6, 6.07) is -0.760. The third kappa shape index (κ3) is 1.41. The van der Waals surface area contributed by atoms with E-state index in [4.69, 9.17) is 10.8 Å². The van der Waals surface area contributed by atoms with Crippen LogP contribution in [-0.4, -0.2) is 26.8 Å². The maximum atomic E-state index is 10.3. The second-order valence-corrected chi connectivity index (χ2v) is 2.22. The molecule has 66 valence electrons. The Balaban J connectivity index is 2.98. The summed E-state index contributed by atoms with van der Waals surface area (Å²) in [7, 11) is 0. The summed E-state index contributed by atoms with van der Waals surface area (Å²) in [6.45, 7) is -0.347. The molecule has 1 aromatic heterocycles. The predicted molar refractivity (Wildman–Crippen MR) is 39.3 cm³/mol. The van der Waals surface area contributed by atoms with Crippen LogP contribution in [0.5, 0.6) is 0 Å². The highest BCUT2D eigenvalue weighted by Gasteiger charge is 2.19. The summed E-state index contributed by atoms with van der Waals surface area (Å²) >= 11 is 0. The van der Waals surface area contributed by atoms with Crippen LogP contribution in [0.1, 0.15) is 11.6 Å². The summed E-state index contributed by atoms with van der Waals surface area (Å²) < 4.78 is 0. The molecule has 0 bridgehead atoms. The van der Waals surface area contributed by atoms with E-state index in [0.29, 0.717) is 0 Å². The zero-order valence-corrected chi connectivity index (χ0v) is 6.10. The Hall–Kier alpha value is -1.47. The number of nitrogens with zero attached hydrogens (tertiary/aromatic N) is 2. The van der Waals surface area contributed by atoms with Gasteiger partial charge in [-0.2, -0.15) is 0 Å². The number of aliphatic hydroxyl groups is 1. The van der Waals surface area contributed by atoms with E-state index in [1.54, 1.807) is 0 Å². The van der Waals surface area contributed by atoms with Crippen LogP contribution in [0.2, 0.25) is 0 Å². The van der Waals surface area contributed by atoms with Crippen molar-refractivity contribution in [3.8, 4) is 0 Å². The van der Waals surface area contributed by atoms with Gasteiger partial charge in [0.2, 0.25) is 0 Å². The summed E-state index contributed by atoms with van der Waals surface area (Å²) in [4.78, 5) is 9.67. The van der Waals surface area contributed by atoms with Crippen LogP contribution in [0.15, 0.2) is 6.20 Å². The summed E-state index contributed by atoms with van der Waals surface area (Å²) in [6.07, 6.45) is 1.24. The van der Waals surface area contributed by atoms with Gasteiger partial charge < -0.3 is 21.0 Å². The third-order valence-electron chi connectivity index (χ3n) is 1.43. The van der Waals surface area contributed by atoms with Crippen molar-refractivity contribution in [2.24, 2.45) is 5.73 Å². The van der Waals surface area contributed by atoms with Crippen LogP contribution in [0, 0.1) is 10.1 Å². The van der Waals surface area contributed by atoms with E-state index in [2.05, 4.69) is 10.2 Å². The van der Waals surface area contributed by atoms with Crippen molar-refractivity contribution in [1.29, 1.82) is 0 Å². The van der Waals surface area contributed by atoms with Gasteiger partial charge in [-0.05, 0) is 4.92 Å². The minimum Gasteiger partial charge on any atom is -0.394 e. The van der Waals surface area contributed by atoms with Crippen molar-refractivity contribution in [2.45, 2.75) is 6.04 Å². The lowest BCUT2D eigenvalue weighted by Gasteiger charge is -2.03. The van der Waals surface area contributed by atoms with Crippen LogP contribution in [0.4, 0.5) is 5.82 Å². The number of hydrogen-bond acceptors (Lipinski definition) is 5. The fourth-order valence-corrected chi connectivity index (χ4v) is 0.805. The van der Waals surface area contributed by atoms with Gasteiger partial charge in [-0.15, -0.1) is 5.10 Å². The monoisotopic (exact) mass is 172 g/mol. The molecule has 7 nitrogen and oxygen atoms in total. The number of hydrogen-bond donors (Lipinski definition) is 3. The molecule has 1 rings (SSSR count). The number of nitrogens with one attached hydrogen (secondary N) is 1. The molecule has 0 aliphatic heterocycles. The van der Waals surface area contributed by atoms with E-state index in [1.165, 1.54) is 6.20 Å². The lowest BCUT2D eigenvalue weighted by Crippen LogP contribution is -2.15. The van der Waals surface area contributed by atoms with Crippen molar-refractivity contribution in [3.63, 3.8) is 0 Å². The van der Waals surface area contributed by atoms with Gasteiger partial charge in [-0.3, -0.25) is 0 Å². The fourth-order valence-electron chi connectivity index (χ4n) is 0.805. The molecule has 0 saturated heterocycles. The van der Waals surface area contributed by atoms with Gasteiger partial charge in [0.25, 0.3) is 0 Å². The molecular weight excluding hydrogens is 164 g/mol. The average Bonchev–Trinajstić information content (AvgIpc) is 2.50. The molecule has 0 saturated carbocycles. The molecule has 0 aromatic carbocycles. The highest BCUT2D eigenvalue weighted by atomic mass is 16.6. The van der Waals surface area contributed by atoms with Crippen LogP contribution in [0.3, 0.4) is 0 Å². The molecule has 0 radical (unpaired) electrons. The highest BCUT2D eigenvalue weighted by molar-refractivity contribution is 5.32. The van der Waals surface area contributed by atoms with Crippen LogP contribution < -0.4 is 5.73 Å². The van der Waals surface area contributed by atoms with Gasteiger partial charge in [0.05, 0.1) is 24.4 Å². The Morgan fingerprint density at radius 1 is 1.92 bits per heavy atom. The smallest absolute Gasteiger partial charge is 0.347 e. The second kappa shape index (κ2) is 3.28. The molecule has 0 amide bonds. The van der Waals surface area contributed by atoms with Gasteiger partial charge in [0.15, 0.2) is 0 Å². The quantitative estimate of drug-likeness (QED) is 0.412. The first-order valence-corrected chi connectivity index (χ1v) is 3.21. The van der Waals surface area contributed by atoms with Crippen LogP contribution in [-0.2, 0) is 0 Å². The van der Waals surface area contributed by atoms with Gasteiger partial charge in [0.1, 0.15) is 0 Å². The number of nitrogens with two attached hydrogens (primary N) is 1. The Bertz CT molecular complexity index is 284. The molecule has 1 unspecified atom stereocenters. The van der Waals surface area contributed by atoms with Crippen LogP contribution in [0.25, 0.3) is 0 Å². The van der Waals surface area contributed by atoms with E-state index < -0.39 is 11.0 Å². The van der Waals surface area contributed by atoms with E-state index in [9.17, 15) is 10.1 Å². The van der Waals surface area contributed by atoms with Crippen molar-refractivity contribution in [3.05, 3.63) is 21.9 Å². The normalized spacial score (nSPS) is 12.8. The van der Waals surface area contributed by atoms with Crippen molar-refractivity contribution in [1.82, 2.24) is 10.2 Å². The lowest BCUT2D eigenvalue weighted by atomic mass is 10.2. The van der Waals surface area contributed by atoms with Gasteiger partial charge >= 0.3 is 5.82 Å². The zero-order chi connectivity index (χ0) is 9.14. The zero-order valence-electron chi connectivity index (χ0n) is 6.10. The summed E-state index contributed by atoms with van der Waals surface area (Å²) in [5.74, 6) is -0.267. The first kappa shape index (κ1) is 8.62. The summed E-state index contributed by atoms with van der Waals surface area (Å²) in [5.41, 5.74) is 5.57. The molecule has 1 aromatic rings. The number of rotatable bonds is 3. The molecule has 1 heterocycles. The number of aromatic amines is 1. The first-order valence-electron chi connectivity index (χ1n) is 3.21. The molecule has 0 spiro atoms. The lowest BCUT2D eigenvalue weighted by molar-refractivity contribution is -0.390. The predicted octanol–water partition coefficient (Wildman–Crippen LogP) is -0.690. The Labute approximate surface area is 67.3 Å². The molecule has 4 N–H and O–H groups in total. The largest absolute Gasteiger partial charge is 0.394 e. The van der Waals surface area contributed by atoms with Crippen molar-refractivity contribution < 1.29 is 10.0 Å². The van der Waals surface area contributed by atoms with E-state index >= 15 is 0 Å². The second-order valence-electron chi connectivity index (χ2n) is 2.22. The molecule has 1 atom stereocenters. The Morgan fingerprint density at radius 2 is 2.58 bits per heavy atom. The summed E-state index contributed by atoms with van der Waals surface area (Å²) in [5, 5.41) is 24.6. The number of nitro groups is 1. The first-order chi connectivity index (χ1) is 5.66. The van der Waals surface area contributed by atoms with Gasteiger partial charge in [-0.1, -0.05) is 5.10 Å². The number of aromatic nitrogens is 2. The molecule has 7 heteroatoms. The highest BCUT2D eigenvalue weighted by Crippen LogP contribution is 2.19. The SMILES string of the molecule is NC(CO)c1cn[nH]c1[N+](=O)[O-]. The Morgan fingerprint density at radius 3 is 3.08 bits per heavy atom. The van der Waals surface area contributed by atoms with Gasteiger partial charge in [0, 0.05) is 0 Å². The topological polar surface area (TPSA) is 118 Å². The van der Waals surface area contributed by atoms with E-state index in [1.807, 2.05) is 0 Å². The standard InChI is InChI=1S/C5H8N4O3/c6-4(2-10)3-1-7-8-5(3)9(11)12/h1,4,10H,2,6H2,(H,7,8). The fraction of sp³-hybridized carbons (Fsp3) is 0.400. The number of aliphatic hydroxyl groups excluding tert-OH is 1. The minimum atomic E-state index is -0.760. The Kier molecular flexibility index (Phi) is 2.36. The van der Waals surface area contributed by atoms with Crippen molar-refractivity contribution in [2.75, 3.05) is 6.61 Å². The van der Waals surface area contributed by atoms with Gasteiger partial charge in [-0.25, -0.2) is 0 Å². The van der Waals surface area contributed by atoms with Crippen LogP contribution >= 0.6 is 0 Å².